The van der Waals surface area contributed by atoms with Crippen LogP contribution in [0.3, 0.4) is 0 Å². The number of hydrogen-bond donors (Lipinski definition) is 0. The largest absolute Gasteiger partial charge is 0.476 e. The van der Waals surface area contributed by atoms with Crippen LogP contribution in [-0.4, -0.2) is 41.1 Å². The summed E-state index contributed by atoms with van der Waals surface area (Å²) in [5.41, 5.74) is 0.830. The number of likely N-dealkylation sites (tertiary alicyclic amines) is 1. The summed E-state index contributed by atoms with van der Waals surface area (Å²) in [6.45, 7) is 5.87. The molecule has 1 aromatic heterocycles. The number of hydrogen-bond acceptors (Lipinski definition) is 4. The first-order chi connectivity index (χ1) is 7.74. The number of aromatic nitrogens is 2. The fraction of sp³-hybridized carbons (Fsp3) is 0.636. The summed E-state index contributed by atoms with van der Waals surface area (Å²) in [5, 5.41) is 0.246. The quantitative estimate of drug-likeness (QED) is 0.755. The molecule has 5 heteroatoms. The molecular formula is C11H16ClN3O. The summed E-state index contributed by atoms with van der Waals surface area (Å²) in [4.78, 5) is 10.4. The molecule has 0 N–H and O–H groups in total. The lowest BCUT2D eigenvalue weighted by Crippen LogP contribution is -2.25. The zero-order chi connectivity index (χ0) is 11.4. The van der Waals surface area contributed by atoms with Crippen molar-refractivity contribution in [2.45, 2.75) is 19.8 Å². The van der Waals surface area contributed by atoms with Gasteiger partial charge >= 0.3 is 0 Å². The maximum absolute atomic E-state index is 5.74. The summed E-state index contributed by atoms with van der Waals surface area (Å²) >= 11 is 5.74. The van der Waals surface area contributed by atoms with E-state index in [-0.39, 0.29) is 5.28 Å². The van der Waals surface area contributed by atoms with Crippen LogP contribution in [0.15, 0.2) is 6.07 Å². The van der Waals surface area contributed by atoms with E-state index in [4.69, 9.17) is 16.3 Å². The maximum Gasteiger partial charge on any atom is 0.225 e. The minimum absolute atomic E-state index is 0.246. The van der Waals surface area contributed by atoms with Gasteiger partial charge in [-0.15, -0.1) is 0 Å². The van der Waals surface area contributed by atoms with Gasteiger partial charge in [-0.05, 0) is 44.5 Å². The molecule has 2 rings (SSSR count). The van der Waals surface area contributed by atoms with Gasteiger partial charge in [0.05, 0.1) is 0 Å². The molecule has 0 atom stereocenters. The van der Waals surface area contributed by atoms with Gasteiger partial charge in [-0.3, -0.25) is 4.90 Å². The first-order valence-electron chi connectivity index (χ1n) is 5.60. The number of ether oxygens (including phenoxy) is 1. The van der Waals surface area contributed by atoms with E-state index >= 15 is 0 Å². The highest BCUT2D eigenvalue weighted by Gasteiger charge is 2.11. The lowest BCUT2D eigenvalue weighted by atomic mass is 10.4. The predicted octanol–water partition coefficient (Wildman–Crippen LogP) is 1.91. The SMILES string of the molecule is Cc1cc(OCCN2CCCC2)nc(Cl)n1. The van der Waals surface area contributed by atoms with Gasteiger partial charge in [0.2, 0.25) is 11.2 Å². The number of aryl methyl sites for hydroxylation is 1. The fourth-order valence-corrected chi connectivity index (χ4v) is 2.08. The Morgan fingerprint density at radius 1 is 1.38 bits per heavy atom. The average molecular weight is 242 g/mol. The third-order valence-corrected chi connectivity index (χ3v) is 2.83. The molecule has 2 heterocycles. The minimum Gasteiger partial charge on any atom is -0.476 e. The van der Waals surface area contributed by atoms with Crippen LogP contribution in [0.4, 0.5) is 0 Å². The second-order valence-electron chi connectivity index (χ2n) is 4.01. The smallest absolute Gasteiger partial charge is 0.225 e. The molecule has 0 amide bonds. The Hall–Kier alpha value is -0.870. The lowest BCUT2D eigenvalue weighted by Gasteiger charge is -2.14. The van der Waals surface area contributed by atoms with Gasteiger partial charge in [0, 0.05) is 18.3 Å². The Morgan fingerprint density at radius 3 is 2.81 bits per heavy atom. The molecule has 0 saturated carbocycles. The van der Waals surface area contributed by atoms with Crippen LogP contribution in [0.1, 0.15) is 18.5 Å². The van der Waals surface area contributed by atoms with Gasteiger partial charge in [0.25, 0.3) is 0 Å². The molecule has 1 aromatic rings. The highest BCUT2D eigenvalue weighted by atomic mass is 35.5. The van der Waals surface area contributed by atoms with E-state index in [1.807, 2.05) is 6.92 Å². The van der Waals surface area contributed by atoms with E-state index < -0.39 is 0 Å². The van der Waals surface area contributed by atoms with Crippen LogP contribution < -0.4 is 4.74 Å². The van der Waals surface area contributed by atoms with Crippen molar-refractivity contribution in [2.75, 3.05) is 26.2 Å². The third-order valence-electron chi connectivity index (χ3n) is 2.66. The number of nitrogens with zero attached hydrogens (tertiary/aromatic N) is 3. The Bertz CT molecular complexity index is 333. The van der Waals surface area contributed by atoms with Gasteiger partial charge in [-0.2, -0.15) is 4.98 Å². The van der Waals surface area contributed by atoms with E-state index in [0.29, 0.717) is 12.5 Å². The monoisotopic (exact) mass is 241 g/mol. The molecule has 16 heavy (non-hydrogen) atoms. The molecule has 0 aromatic carbocycles. The predicted molar refractivity (Wildman–Crippen MR) is 62.9 cm³/mol. The third kappa shape index (κ3) is 3.32. The summed E-state index contributed by atoms with van der Waals surface area (Å²) in [6, 6.07) is 1.80. The van der Waals surface area contributed by atoms with Gasteiger partial charge in [-0.25, -0.2) is 4.98 Å². The molecule has 0 unspecified atom stereocenters. The Balaban J connectivity index is 1.80. The molecule has 88 valence electrons. The van der Waals surface area contributed by atoms with Crippen LogP contribution >= 0.6 is 11.6 Å². The first-order valence-corrected chi connectivity index (χ1v) is 5.98. The van der Waals surface area contributed by atoms with Crippen LogP contribution in [0, 0.1) is 6.92 Å². The van der Waals surface area contributed by atoms with E-state index in [1.165, 1.54) is 25.9 Å². The Morgan fingerprint density at radius 2 is 2.12 bits per heavy atom. The summed E-state index contributed by atoms with van der Waals surface area (Å²) in [7, 11) is 0. The van der Waals surface area contributed by atoms with E-state index in [1.54, 1.807) is 6.07 Å². The average Bonchev–Trinajstić information content (AvgIpc) is 2.69. The maximum atomic E-state index is 5.74. The molecule has 1 fully saturated rings. The zero-order valence-corrected chi connectivity index (χ0v) is 10.2. The molecule has 1 aliphatic heterocycles. The summed E-state index contributed by atoms with van der Waals surface area (Å²) < 4.78 is 5.55. The van der Waals surface area contributed by atoms with Crippen molar-refractivity contribution in [3.05, 3.63) is 17.0 Å². The Labute approximate surface area is 101 Å². The second-order valence-corrected chi connectivity index (χ2v) is 4.35. The van der Waals surface area contributed by atoms with Crippen LogP contribution in [0.2, 0.25) is 5.28 Å². The molecule has 1 saturated heterocycles. The summed E-state index contributed by atoms with van der Waals surface area (Å²) in [5.74, 6) is 0.566. The van der Waals surface area contributed by atoms with Crippen molar-refractivity contribution in [3.63, 3.8) is 0 Å². The van der Waals surface area contributed by atoms with Crippen LogP contribution in [0.5, 0.6) is 5.88 Å². The summed E-state index contributed by atoms with van der Waals surface area (Å²) in [6.07, 6.45) is 2.61. The van der Waals surface area contributed by atoms with Gasteiger partial charge in [0.15, 0.2) is 0 Å². The zero-order valence-electron chi connectivity index (χ0n) is 9.45. The lowest BCUT2D eigenvalue weighted by molar-refractivity contribution is 0.231. The molecule has 0 bridgehead atoms. The fourth-order valence-electron chi connectivity index (χ4n) is 1.86. The van der Waals surface area contributed by atoms with Crippen molar-refractivity contribution in [1.82, 2.24) is 14.9 Å². The van der Waals surface area contributed by atoms with Crippen LogP contribution in [0.25, 0.3) is 0 Å². The minimum atomic E-state index is 0.246. The Kier molecular flexibility index (Phi) is 3.96. The highest BCUT2D eigenvalue weighted by Crippen LogP contribution is 2.12. The van der Waals surface area contributed by atoms with Crippen molar-refractivity contribution < 1.29 is 4.74 Å². The van der Waals surface area contributed by atoms with Gasteiger partial charge < -0.3 is 4.74 Å². The van der Waals surface area contributed by atoms with Crippen molar-refractivity contribution in [1.29, 1.82) is 0 Å². The molecular weight excluding hydrogens is 226 g/mol. The highest BCUT2D eigenvalue weighted by molar-refractivity contribution is 6.28. The number of rotatable bonds is 4. The van der Waals surface area contributed by atoms with E-state index in [0.717, 1.165) is 12.2 Å². The molecule has 0 spiro atoms. The van der Waals surface area contributed by atoms with Crippen molar-refractivity contribution >= 4 is 11.6 Å². The van der Waals surface area contributed by atoms with Crippen LogP contribution in [-0.2, 0) is 0 Å². The molecule has 1 aliphatic rings. The second kappa shape index (κ2) is 5.46. The number of halogens is 1. The van der Waals surface area contributed by atoms with Crippen molar-refractivity contribution in [2.24, 2.45) is 0 Å². The van der Waals surface area contributed by atoms with E-state index in [9.17, 15) is 0 Å². The van der Waals surface area contributed by atoms with Gasteiger partial charge in [0.1, 0.15) is 6.61 Å². The normalized spacial score (nSPS) is 16.6. The molecule has 4 nitrogen and oxygen atoms in total. The first kappa shape index (κ1) is 11.6. The topological polar surface area (TPSA) is 38.2 Å². The molecule has 0 aliphatic carbocycles. The van der Waals surface area contributed by atoms with Gasteiger partial charge in [-0.1, -0.05) is 0 Å². The van der Waals surface area contributed by atoms with E-state index in [2.05, 4.69) is 14.9 Å². The standard InChI is InChI=1S/C11H16ClN3O/c1-9-8-10(14-11(12)13-9)16-7-6-15-4-2-3-5-15/h8H,2-7H2,1H3. The molecule has 0 radical (unpaired) electrons. The van der Waals surface area contributed by atoms with Crippen molar-refractivity contribution in [3.8, 4) is 5.88 Å².